The van der Waals surface area contributed by atoms with Gasteiger partial charge in [0.15, 0.2) is 0 Å². The molecular formula is C62H40. The fourth-order valence-electron chi connectivity index (χ4n) is 10.1. The van der Waals surface area contributed by atoms with Crippen molar-refractivity contribution in [1.29, 1.82) is 0 Å². The monoisotopic (exact) mass is 784 g/mol. The normalized spacial score (nSPS) is 11.5. The first-order valence-electron chi connectivity index (χ1n) is 21.5. The number of hydrogen-bond acceptors (Lipinski definition) is 0. The van der Waals surface area contributed by atoms with Gasteiger partial charge in [-0.1, -0.05) is 237 Å². The van der Waals surface area contributed by atoms with Crippen LogP contribution in [0.2, 0.25) is 0 Å². The van der Waals surface area contributed by atoms with E-state index in [9.17, 15) is 0 Å². The maximum atomic E-state index is 2.40. The molecule has 0 N–H and O–H groups in total. The van der Waals surface area contributed by atoms with E-state index in [1.807, 2.05) is 0 Å². The topological polar surface area (TPSA) is 0 Å². The molecule has 0 spiro atoms. The SMILES string of the molecule is c1ccc(-c2ccc3c(-c4ccc(-c5c6ccccc6c(-c6c(-c7ccccc7)ccc7ccccc67)c6ccccc56)cc4)c4ccccc4c(-c4ccccc4)c3c2)cc1. The summed E-state index contributed by atoms with van der Waals surface area (Å²) >= 11 is 0. The smallest absolute Gasteiger partial charge is 0.00139 e. The van der Waals surface area contributed by atoms with E-state index in [0.717, 1.165) is 0 Å². The zero-order valence-electron chi connectivity index (χ0n) is 34.1. The molecular weight excluding hydrogens is 745 g/mol. The van der Waals surface area contributed by atoms with Gasteiger partial charge in [0.1, 0.15) is 0 Å². The molecule has 0 saturated heterocycles. The molecule has 0 nitrogen and oxygen atoms in total. The van der Waals surface area contributed by atoms with Crippen LogP contribution in [-0.2, 0) is 0 Å². The van der Waals surface area contributed by atoms with Gasteiger partial charge in [-0.2, -0.15) is 0 Å². The second kappa shape index (κ2) is 14.9. The van der Waals surface area contributed by atoms with Crippen LogP contribution in [0.3, 0.4) is 0 Å². The Morgan fingerprint density at radius 1 is 0.161 bits per heavy atom. The molecule has 0 bridgehead atoms. The lowest BCUT2D eigenvalue weighted by molar-refractivity contribution is 1.62. The standard InChI is InChI=1S/C62H40/c1-4-18-41(19-5-1)47-37-39-56-57(40-47)60(44-23-8-3-9-24-44)51-27-13-12-26-50(51)59(56)46-34-32-45(33-35-46)58-52-28-14-16-30-54(52)62(55-31-17-15-29-53(55)58)61-48-25-11-10-22-43(48)36-38-49(61)42-20-6-2-7-21-42/h1-40H. The van der Waals surface area contributed by atoms with E-state index in [4.69, 9.17) is 0 Å². The molecule has 0 atom stereocenters. The fourth-order valence-corrected chi connectivity index (χ4v) is 10.1. The van der Waals surface area contributed by atoms with E-state index >= 15 is 0 Å². The van der Waals surface area contributed by atoms with Gasteiger partial charge in [0.25, 0.3) is 0 Å². The molecule has 0 unspecified atom stereocenters. The largest absolute Gasteiger partial charge is 0.0622 e. The molecule has 0 radical (unpaired) electrons. The number of rotatable bonds is 6. The van der Waals surface area contributed by atoms with Crippen LogP contribution in [-0.4, -0.2) is 0 Å². The second-order valence-electron chi connectivity index (χ2n) is 16.3. The number of fused-ring (bicyclic) bond motifs is 5. The van der Waals surface area contributed by atoms with Crippen molar-refractivity contribution in [2.24, 2.45) is 0 Å². The van der Waals surface area contributed by atoms with E-state index in [1.165, 1.54) is 121 Å². The molecule has 0 heteroatoms. The first-order valence-corrected chi connectivity index (χ1v) is 21.5. The maximum Gasteiger partial charge on any atom is -0.00139 e. The van der Waals surface area contributed by atoms with Crippen molar-refractivity contribution in [3.8, 4) is 66.8 Å². The van der Waals surface area contributed by atoms with Crippen molar-refractivity contribution in [2.45, 2.75) is 0 Å². The first-order chi connectivity index (χ1) is 30.8. The van der Waals surface area contributed by atoms with Gasteiger partial charge < -0.3 is 0 Å². The summed E-state index contributed by atoms with van der Waals surface area (Å²) in [6, 6.07) is 89.3. The molecule has 12 rings (SSSR count). The van der Waals surface area contributed by atoms with Crippen molar-refractivity contribution >= 4 is 53.9 Å². The van der Waals surface area contributed by atoms with Crippen molar-refractivity contribution in [3.05, 3.63) is 243 Å². The van der Waals surface area contributed by atoms with Crippen LogP contribution in [0.5, 0.6) is 0 Å². The van der Waals surface area contributed by atoms with Crippen LogP contribution in [0.25, 0.3) is 121 Å². The van der Waals surface area contributed by atoms with Crippen molar-refractivity contribution in [2.75, 3.05) is 0 Å². The molecule has 0 amide bonds. The van der Waals surface area contributed by atoms with Gasteiger partial charge in [-0.15, -0.1) is 0 Å². The molecule has 0 aliphatic heterocycles. The molecule has 0 aliphatic carbocycles. The predicted octanol–water partition coefficient (Wildman–Crippen LogP) is 17.5. The highest BCUT2D eigenvalue weighted by Crippen LogP contribution is 2.49. The molecule has 12 aromatic carbocycles. The average molecular weight is 785 g/mol. The van der Waals surface area contributed by atoms with E-state index in [2.05, 4.69) is 243 Å². The third kappa shape index (κ3) is 5.84. The van der Waals surface area contributed by atoms with Gasteiger partial charge in [-0.25, -0.2) is 0 Å². The lowest BCUT2D eigenvalue weighted by Crippen LogP contribution is -1.94. The Morgan fingerprint density at radius 3 is 1.03 bits per heavy atom. The van der Waals surface area contributed by atoms with Crippen molar-refractivity contribution in [3.63, 3.8) is 0 Å². The Labute approximate surface area is 361 Å². The third-order valence-electron chi connectivity index (χ3n) is 12.9. The molecule has 0 aliphatic rings. The summed E-state index contributed by atoms with van der Waals surface area (Å²) in [6.45, 7) is 0. The predicted molar refractivity (Wildman–Crippen MR) is 267 cm³/mol. The summed E-state index contributed by atoms with van der Waals surface area (Å²) in [5.74, 6) is 0. The minimum atomic E-state index is 1.20. The Hall–Kier alpha value is -8.06. The molecule has 62 heavy (non-hydrogen) atoms. The minimum absolute atomic E-state index is 1.20. The Morgan fingerprint density at radius 2 is 0.516 bits per heavy atom. The Kier molecular flexibility index (Phi) is 8.61. The van der Waals surface area contributed by atoms with Gasteiger partial charge >= 0.3 is 0 Å². The Bertz CT molecular complexity index is 3580. The summed E-state index contributed by atoms with van der Waals surface area (Å²) in [7, 11) is 0. The quantitative estimate of drug-likeness (QED) is 0.147. The summed E-state index contributed by atoms with van der Waals surface area (Å²) in [4.78, 5) is 0. The van der Waals surface area contributed by atoms with Crippen LogP contribution in [0, 0.1) is 0 Å². The van der Waals surface area contributed by atoms with Crippen LogP contribution >= 0.6 is 0 Å². The van der Waals surface area contributed by atoms with Gasteiger partial charge in [0, 0.05) is 0 Å². The first kappa shape index (κ1) is 35.8. The molecule has 12 aromatic rings. The average Bonchev–Trinajstić information content (AvgIpc) is 3.35. The van der Waals surface area contributed by atoms with Crippen LogP contribution in [0.1, 0.15) is 0 Å². The van der Waals surface area contributed by atoms with E-state index in [1.54, 1.807) is 0 Å². The molecule has 0 heterocycles. The highest BCUT2D eigenvalue weighted by atomic mass is 14.2. The van der Waals surface area contributed by atoms with Crippen LogP contribution in [0.15, 0.2) is 243 Å². The highest BCUT2D eigenvalue weighted by molar-refractivity contribution is 6.26. The van der Waals surface area contributed by atoms with Crippen molar-refractivity contribution in [1.82, 2.24) is 0 Å². The third-order valence-corrected chi connectivity index (χ3v) is 12.9. The summed E-state index contributed by atoms with van der Waals surface area (Å²) < 4.78 is 0. The number of hydrogen-bond donors (Lipinski definition) is 0. The number of benzene rings is 12. The Balaban J connectivity index is 1.09. The van der Waals surface area contributed by atoms with Crippen LogP contribution in [0.4, 0.5) is 0 Å². The molecule has 288 valence electrons. The molecule has 0 aromatic heterocycles. The van der Waals surface area contributed by atoms with Crippen LogP contribution < -0.4 is 0 Å². The second-order valence-corrected chi connectivity index (χ2v) is 16.3. The van der Waals surface area contributed by atoms with E-state index in [-0.39, 0.29) is 0 Å². The molecule has 0 saturated carbocycles. The zero-order valence-corrected chi connectivity index (χ0v) is 34.1. The van der Waals surface area contributed by atoms with Crippen molar-refractivity contribution < 1.29 is 0 Å². The fraction of sp³-hybridized carbons (Fsp3) is 0. The lowest BCUT2D eigenvalue weighted by Gasteiger charge is -2.21. The summed E-state index contributed by atoms with van der Waals surface area (Å²) in [5, 5.41) is 12.5. The van der Waals surface area contributed by atoms with Gasteiger partial charge in [-0.05, 0) is 127 Å². The summed E-state index contributed by atoms with van der Waals surface area (Å²) in [5.41, 5.74) is 14.9. The van der Waals surface area contributed by atoms with Gasteiger partial charge in [-0.3, -0.25) is 0 Å². The maximum absolute atomic E-state index is 2.40. The zero-order chi connectivity index (χ0) is 41.0. The summed E-state index contributed by atoms with van der Waals surface area (Å²) in [6.07, 6.45) is 0. The highest BCUT2D eigenvalue weighted by Gasteiger charge is 2.22. The molecule has 0 fully saturated rings. The van der Waals surface area contributed by atoms with E-state index < -0.39 is 0 Å². The van der Waals surface area contributed by atoms with Gasteiger partial charge in [0.05, 0.1) is 0 Å². The lowest BCUT2D eigenvalue weighted by atomic mass is 9.81. The van der Waals surface area contributed by atoms with Gasteiger partial charge in [0.2, 0.25) is 0 Å². The minimum Gasteiger partial charge on any atom is -0.0622 e. The van der Waals surface area contributed by atoms with E-state index in [0.29, 0.717) is 0 Å².